The van der Waals surface area contributed by atoms with E-state index in [4.69, 9.17) is 5.11 Å². The molecule has 0 aromatic carbocycles. The van der Waals surface area contributed by atoms with Crippen LogP contribution < -0.4 is 0 Å². The maximum Gasteiger partial charge on any atom is 0.246 e. The van der Waals surface area contributed by atoms with Crippen molar-refractivity contribution >= 4 is 0 Å². The van der Waals surface area contributed by atoms with Gasteiger partial charge < -0.3 is 5.11 Å². The van der Waals surface area contributed by atoms with Crippen molar-refractivity contribution in [2.45, 2.75) is 32.1 Å². The van der Waals surface area contributed by atoms with Gasteiger partial charge in [-0.05, 0) is 31.1 Å². The molecular formula is C8H12F2O. The lowest BCUT2D eigenvalue weighted by atomic mass is 9.60. The summed E-state index contributed by atoms with van der Waals surface area (Å²) < 4.78 is 24.7. The molecule has 2 rings (SSSR count). The summed E-state index contributed by atoms with van der Waals surface area (Å²) in [7, 11) is 0. The number of aliphatic hydroxyl groups excluding tert-OH is 1. The first kappa shape index (κ1) is 7.47. The van der Waals surface area contributed by atoms with E-state index in [1.165, 1.54) is 0 Å². The van der Waals surface area contributed by atoms with Gasteiger partial charge in [0, 0.05) is 0 Å². The normalized spacial score (nSPS) is 30.5. The first-order valence-corrected chi connectivity index (χ1v) is 4.02. The van der Waals surface area contributed by atoms with E-state index in [2.05, 4.69) is 0 Å². The predicted octanol–water partition coefficient (Wildman–Crippen LogP) is 1.80. The predicted molar refractivity (Wildman–Crippen MR) is 36.4 cm³/mol. The maximum absolute atomic E-state index is 12.3. The molecule has 0 bridgehead atoms. The fraction of sp³-hybridized carbons (Fsp3) is 1.00. The summed E-state index contributed by atoms with van der Waals surface area (Å²) in [5.41, 5.74) is -0.768. The zero-order chi connectivity index (χ0) is 8.11. The molecule has 0 aliphatic heterocycles. The average Bonchev–Trinajstić information content (AvgIpc) is 2.61. The molecule has 0 atom stereocenters. The van der Waals surface area contributed by atoms with Gasteiger partial charge in [-0.25, -0.2) is 8.78 Å². The van der Waals surface area contributed by atoms with Crippen LogP contribution in [0.5, 0.6) is 0 Å². The molecule has 0 unspecified atom stereocenters. The number of halogens is 2. The van der Waals surface area contributed by atoms with Gasteiger partial charge in [-0.2, -0.15) is 0 Å². The molecule has 11 heavy (non-hydrogen) atoms. The average molecular weight is 162 g/mol. The third-order valence-electron chi connectivity index (χ3n) is 3.19. The minimum atomic E-state index is -2.33. The van der Waals surface area contributed by atoms with E-state index < -0.39 is 11.8 Å². The Bertz CT molecular complexity index is 167. The van der Waals surface area contributed by atoms with Crippen LogP contribution in [0.25, 0.3) is 0 Å². The van der Waals surface area contributed by atoms with Crippen molar-refractivity contribution in [3.05, 3.63) is 0 Å². The van der Waals surface area contributed by atoms with Gasteiger partial charge in [0.2, 0.25) is 6.43 Å². The van der Waals surface area contributed by atoms with Crippen molar-refractivity contribution in [3.63, 3.8) is 0 Å². The number of aliphatic hydroxyl groups is 1. The summed E-state index contributed by atoms with van der Waals surface area (Å²) in [6.45, 7) is -0.341. The molecule has 0 radical (unpaired) electrons. The third kappa shape index (κ3) is 0.901. The standard InChI is InChI=1S/C8H12F2O/c9-6(10)8(5-11)3-7(4-8)1-2-7/h6,11H,1-5H2. The van der Waals surface area contributed by atoms with Crippen LogP contribution in [0, 0.1) is 10.8 Å². The van der Waals surface area contributed by atoms with Crippen molar-refractivity contribution in [2.75, 3.05) is 6.61 Å². The van der Waals surface area contributed by atoms with Crippen LogP contribution in [0.15, 0.2) is 0 Å². The highest BCUT2D eigenvalue weighted by Gasteiger charge is 2.64. The monoisotopic (exact) mass is 162 g/mol. The molecule has 0 aromatic heterocycles. The first-order chi connectivity index (χ1) is 5.13. The molecule has 3 heteroatoms. The third-order valence-corrected chi connectivity index (χ3v) is 3.19. The summed E-state index contributed by atoms with van der Waals surface area (Å²) >= 11 is 0. The quantitative estimate of drug-likeness (QED) is 0.656. The Morgan fingerprint density at radius 2 is 1.82 bits per heavy atom. The fourth-order valence-electron chi connectivity index (χ4n) is 2.31. The summed E-state index contributed by atoms with van der Waals surface area (Å²) in [4.78, 5) is 0. The van der Waals surface area contributed by atoms with Crippen LogP contribution in [-0.4, -0.2) is 18.1 Å². The van der Waals surface area contributed by atoms with Gasteiger partial charge in [-0.3, -0.25) is 0 Å². The fourth-order valence-corrected chi connectivity index (χ4v) is 2.31. The van der Waals surface area contributed by atoms with Crippen molar-refractivity contribution in [2.24, 2.45) is 10.8 Å². The Morgan fingerprint density at radius 1 is 1.27 bits per heavy atom. The van der Waals surface area contributed by atoms with Gasteiger partial charge in [0.25, 0.3) is 0 Å². The molecule has 1 nitrogen and oxygen atoms in total. The highest BCUT2D eigenvalue weighted by atomic mass is 19.3. The van der Waals surface area contributed by atoms with Crippen LogP contribution in [0.3, 0.4) is 0 Å². The Hall–Kier alpha value is -0.180. The van der Waals surface area contributed by atoms with E-state index in [0.717, 1.165) is 12.8 Å². The van der Waals surface area contributed by atoms with Crippen LogP contribution in [0.1, 0.15) is 25.7 Å². The van der Waals surface area contributed by atoms with Crippen molar-refractivity contribution in [1.29, 1.82) is 0 Å². The second-order valence-corrected chi connectivity index (χ2v) is 4.17. The molecule has 2 aliphatic carbocycles. The molecule has 0 saturated heterocycles. The molecule has 0 heterocycles. The topological polar surface area (TPSA) is 20.2 Å². The van der Waals surface area contributed by atoms with Gasteiger partial charge in [0.05, 0.1) is 12.0 Å². The van der Waals surface area contributed by atoms with Gasteiger partial charge in [0.15, 0.2) is 0 Å². The maximum atomic E-state index is 12.3. The molecule has 1 N–H and O–H groups in total. The van der Waals surface area contributed by atoms with Crippen molar-refractivity contribution in [3.8, 4) is 0 Å². The first-order valence-electron chi connectivity index (χ1n) is 4.02. The summed E-state index contributed by atoms with van der Waals surface area (Å²) in [5.74, 6) is 0. The van der Waals surface area contributed by atoms with Crippen molar-refractivity contribution < 1.29 is 13.9 Å². The van der Waals surface area contributed by atoms with Gasteiger partial charge in [-0.15, -0.1) is 0 Å². The second-order valence-electron chi connectivity index (χ2n) is 4.17. The lowest BCUT2D eigenvalue weighted by Gasteiger charge is -2.46. The van der Waals surface area contributed by atoms with Crippen LogP contribution in [-0.2, 0) is 0 Å². The van der Waals surface area contributed by atoms with E-state index >= 15 is 0 Å². The van der Waals surface area contributed by atoms with E-state index in [1.54, 1.807) is 0 Å². The molecule has 1 spiro atoms. The molecular weight excluding hydrogens is 150 g/mol. The number of rotatable bonds is 2. The SMILES string of the molecule is OCC1(C(F)F)CC2(CC2)C1. The van der Waals surface area contributed by atoms with E-state index in [9.17, 15) is 8.78 Å². The Kier molecular flexibility index (Phi) is 1.32. The highest BCUT2D eigenvalue weighted by Crippen LogP contribution is 2.69. The molecule has 2 saturated carbocycles. The summed E-state index contributed by atoms with van der Waals surface area (Å²) in [5, 5.41) is 8.79. The Labute approximate surface area is 64.4 Å². The lowest BCUT2D eigenvalue weighted by molar-refractivity contribution is -0.130. The van der Waals surface area contributed by atoms with Crippen LogP contribution in [0.4, 0.5) is 8.78 Å². The highest BCUT2D eigenvalue weighted by molar-refractivity contribution is 5.11. The number of alkyl halides is 2. The molecule has 0 aromatic rings. The summed E-state index contributed by atoms with van der Waals surface area (Å²) in [6.07, 6.45) is 0.962. The van der Waals surface area contributed by atoms with E-state index in [-0.39, 0.29) is 12.0 Å². The smallest absolute Gasteiger partial charge is 0.246 e. The Morgan fingerprint density at radius 3 is 2.09 bits per heavy atom. The second kappa shape index (κ2) is 1.94. The largest absolute Gasteiger partial charge is 0.396 e. The molecule has 2 aliphatic rings. The number of hydrogen-bond donors (Lipinski definition) is 1. The van der Waals surface area contributed by atoms with Crippen molar-refractivity contribution in [1.82, 2.24) is 0 Å². The Balaban J connectivity index is 2.00. The summed E-state index contributed by atoms with van der Waals surface area (Å²) in [6, 6.07) is 0. The van der Waals surface area contributed by atoms with E-state index in [0.29, 0.717) is 12.8 Å². The lowest BCUT2D eigenvalue weighted by Crippen LogP contribution is -2.47. The van der Waals surface area contributed by atoms with Gasteiger partial charge >= 0.3 is 0 Å². The minimum Gasteiger partial charge on any atom is -0.396 e. The van der Waals surface area contributed by atoms with Crippen LogP contribution >= 0.6 is 0 Å². The zero-order valence-corrected chi connectivity index (χ0v) is 6.32. The van der Waals surface area contributed by atoms with E-state index in [1.807, 2.05) is 0 Å². The zero-order valence-electron chi connectivity index (χ0n) is 6.32. The van der Waals surface area contributed by atoms with Gasteiger partial charge in [0.1, 0.15) is 0 Å². The number of hydrogen-bond acceptors (Lipinski definition) is 1. The molecule has 0 amide bonds. The minimum absolute atomic E-state index is 0.249. The van der Waals surface area contributed by atoms with Gasteiger partial charge in [-0.1, -0.05) is 0 Å². The van der Waals surface area contributed by atoms with Crippen LogP contribution in [0.2, 0.25) is 0 Å². The molecule has 64 valence electrons. The molecule has 2 fully saturated rings.